The van der Waals surface area contributed by atoms with Crippen molar-refractivity contribution in [3.8, 4) is 0 Å². The molecule has 3 aliphatic rings. The summed E-state index contributed by atoms with van der Waals surface area (Å²) in [7, 11) is 0. The molecule has 1 aromatic rings. The van der Waals surface area contributed by atoms with Crippen LogP contribution in [-0.4, -0.2) is 51.8 Å². The van der Waals surface area contributed by atoms with Crippen LogP contribution < -0.4 is 0 Å². The van der Waals surface area contributed by atoms with E-state index in [0.29, 0.717) is 0 Å². The van der Waals surface area contributed by atoms with Crippen molar-refractivity contribution in [1.82, 2.24) is 14.7 Å². The second-order valence-corrected chi connectivity index (χ2v) is 8.33. The van der Waals surface area contributed by atoms with Crippen LogP contribution in [0.5, 0.6) is 0 Å². The van der Waals surface area contributed by atoms with Gasteiger partial charge in [-0.2, -0.15) is 0 Å². The van der Waals surface area contributed by atoms with Crippen LogP contribution in [0.25, 0.3) is 0 Å². The maximum absolute atomic E-state index is 12.8. The molecular weight excluding hydrogens is 338 g/mol. The lowest BCUT2D eigenvalue weighted by molar-refractivity contribution is -0.145. The predicted molar refractivity (Wildman–Crippen MR) is 93.8 cm³/mol. The van der Waals surface area contributed by atoms with Crippen molar-refractivity contribution in [3.63, 3.8) is 0 Å². The maximum Gasteiger partial charge on any atom is 0.335 e. The fraction of sp³-hybridized carbons (Fsp3) is 0.611. The molecule has 0 aromatic carbocycles. The number of amides is 4. The zero-order valence-electron chi connectivity index (χ0n) is 14.4. The first kappa shape index (κ1) is 16.7. The van der Waals surface area contributed by atoms with Crippen LogP contribution in [0.15, 0.2) is 11.4 Å². The average molecular weight is 361 g/mol. The molecule has 4 rings (SSSR count). The summed E-state index contributed by atoms with van der Waals surface area (Å²) >= 11 is 1.75. The fourth-order valence-electron chi connectivity index (χ4n) is 4.25. The maximum atomic E-state index is 12.8. The van der Waals surface area contributed by atoms with Gasteiger partial charge in [-0.05, 0) is 42.2 Å². The molecule has 1 aromatic heterocycles. The van der Waals surface area contributed by atoms with Crippen LogP contribution in [0.1, 0.15) is 43.0 Å². The number of hydrogen-bond acceptors (Lipinski definition) is 5. The Balaban J connectivity index is 1.48. The molecule has 1 saturated carbocycles. The lowest BCUT2D eigenvalue weighted by atomic mass is 9.85. The standard InChI is InChI=1S/C18H23N3O3S/c1-12-4-2-3-5-14(12)21-17(23)16(22)20(18(21)24)11-19-8-6-15-13(10-19)7-9-25-15/h7,9,12,14H,2-6,8,10-11H2,1H3/t12-,14-/m0/s1. The van der Waals surface area contributed by atoms with E-state index in [1.54, 1.807) is 11.3 Å². The van der Waals surface area contributed by atoms with Crippen molar-refractivity contribution in [2.75, 3.05) is 13.2 Å². The summed E-state index contributed by atoms with van der Waals surface area (Å²) in [6.45, 7) is 3.80. The van der Waals surface area contributed by atoms with Gasteiger partial charge in [-0.25, -0.2) is 9.69 Å². The lowest BCUT2D eigenvalue weighted by Crippen LogP contribution is -2.47. The minimum atomic E-state index is -0.668. The molecule has 2 atom stereocenters. The molecule has 0 bridgehead atoms. The highest BCUT2D eigenvalue weighted by Gasteiger charge is 2.49. The van der Waals surface area contributed by atoms with Gasteiger partial charge in [0.25, 0.3) is 0 Å². The Hall–Kier alpha value is -1.73. The van der Waals surface area contributed by atoms with Crippen LogP contribution in [0.4, 0.5) is 4.79 Å². The minimum Gasteiger partial charge on any atom is -0.281 e. The van der Waals surface area contributed by atoms with E-state index < -0.39 is 17.8 Å². The Bertz CT molecular complexity index is 716. The van der Waals surface area contributed by atoms with Crippen LogP contribution in [0.2, 0.25) is 0 Å². The molecule has 0 unspecified atom stereocenters. The Morgan fingerprint density at radius 3 is 2.76 bits per heavy atom. The zero-order chi connectivity index (χ0) is 17.6. The number of fused-ring (bicyclic) bond motifs is 1. The van der Waals surface area contributed by atoms with Crippen LogP contribution in [-0.2, 0) is 22.6 Å². The largest absolute Gasteiger partial charge is 0.335 e. The van der Waals surface area contributed by atoms with Crippen molar-refractivity contribution < 1.29 is 14.4 Å². The first-order valence-electron chi connectivity index (χ1n) is 9.03. The Kier molecular flexibility index (Phi) is 4.37. The third-order valence-corrected chi connectivity index (χ3v) is 6.73. The van der Waals surface area contributed by atoms with Crippen molar-refractivity contribution in [2.24, 2.45) is 5.92 Å². The highest BCUT2D eigenvalue weighted by Crippen LogP contribution is 2.31. The normalized spacial score (nSPS) is 28.0. The van der Waals surface area contributed by atoms with Gasteiger partial charge in [0.1, 0.15) is 0 Å². The number of urea groups is 1. The van der Waals surface area contributed by atoms with Crippen molar-refractivity contribution in [1.29, 1.82) is 0 Å². The molecule has 2 aliphatic heterocycles. The number of rotatable bonds is 3. The molecule has 0 radical (unpaired) electrons. The van der Waals surface area contributed by atoms with E-state index in [9.17, 15) is 14.4 Å². The lowest BCUT2D eigenvalue weighted by Gasteiger charge is -2.34. The van der Waals surface area contributed by atoms with Gasteiger partial charge in [0.15, 0.2) is 0 Å². The Labute approximate surface area is 151 Å². The summed E-state index contributed by atoms with van der Waals surface area (Å²) in [5, 5.41) is 2.08. The molecule has 134 valence electrons. The van der Waals surface area contributed by atoms with Crippen LogP contribution in [0, 0.1) is 5.92 Å². The van der Waals surface area contributed by atoms with Gasteiger partial charge in [-0.3, -0.25) is 19.4 Å². The molecule has 7 heteroatoms. The van der Waals surface area contributed by atoms with Crippen molar-refractivity contribution in [2.45, 2.75) is 51.6 Å². The number of thiophene rings is 1. The number of imide groups is 2. The van der Waals surface area contributed by atoms with E-state index in [-0.39, 0.29) is 18.6 Å². The number of nitrogens with zero attached hydrogens (tertiary/aromatic N) is 3. The highest BCUT2D eigenvalue weighted by atomic mass is 32.1. The quantitative estimate of drug-likeness (QED) is 0.613. The van der Waals surface area contributed by atoms with Gasteiger partial charge in [-0.1, -0.05) is 19.8 Å². The van der Waals surface area contributed by atoms with Gasteiger partial charge >= 0.3 is 17.8 Å². The highest BCUT2D eigenvalue weighted by molar-refractivity contribution is 7.10. The summed E-state index contributed by atoms with van der Waals surface area (Å²) < 4.78 is 0. The van der Waals surface area contributed by atoms with Crippen LogP contribution >= 0.6 is 11.3 Å². The molecule has 6 nitrogen and oxygen atoms in total. The van der Waals surface area contributed by atoms with Crippen LogP contribution in [0.3, 0.4) is 0 Å². The zero-order valence-corrected chi connectivity index (χ0v) is 15.3. The van der Waals surface area contributed by atoms with Gasteiger partial charge in [-0.15, -0.1) is 11.3 Å². The number of carbonyl (C=O) groups is 3. The van der Waals surface area contributed by atoms with Gasteiger partial charge in [0.2, 0.25) is 0 Å². The SMILES string of the molecule is C[C@H]1CCCC[C@@H]1N1C(=O)C(=O)N(CN2CCc3sccc3C2)C1=O. The fourth-order valence-corrected chi connectivity index (χ4v) is 5.14. The van der Waals surface area contributed by atoms with E-state index in [1.165, 1.54) is 15.3 Å². The predicted octanol–water partition coefficient (Wildman–Crippen LogP) is 2.43. The van der Waals surface area contributed by atoms with E-state index >= 15 is 0 Å². The van der Waals surface area contributed by atoms with Gasteiger partial charge in [0.05, 0.1) is 6.67 Å². The minimum absolute atomic E-state index is 0.132. The van der Waals surface area contributed by atoms with Crippen molar-refractivity contribution in [3.05, 3.63) is 21.9 Å². The first-order chi connectivity index (χ1) is 12.1. The monoisotopic (exact) mass is 361 g/mol. The summed E-state index contributed by atoms with van der Waals surface area (Å²) in [6, 6.07) is 1.54. The Morgan fingerprint density at radius 2 is 1.96 bits per heavy atom. The summed E-state index contributed by atoms with van der Waals surface area (Å²) in [4.78, 5) is 43.6. The molecule has 1 aliphatic carbocycles. The first-order valence-corrected chi connectivity index (χ1v) is 9.91. The smallest absolute Gasteiger partial charge is 0.281 e. The summed E-state index contributed by atoms with van der Waals surface area (Å²) in [5.74, 6) is -1.05. The van der Waals surface area contributed by atoms with E-state index in [1.807, 2.05) is 0 Å². The third kappa shape index (κ3) is 2.89. The molecule has 0 spiro atoms. The molecule has 2 fully saturated rings. The topological polar surface area (TPSA) is 60.9 Å². The average Bonchev–Trinajstić information content (AvgIpc) is 3.15. The molecule has 1 saturated heterocycles. The van der Waals surface area contributed by atoms with E-state index in [2.05, 4.69) is 23.3 Å². The molecule has 25 heavy (non-hydrogen) atoms. The molecule has 3 heterocycles. The second-order valence-electron chi connectivity index (χ2n) is 7.33. The third-order valence-electron chi connectivity index (χ3n) is 5.71. The summed E-state index contributed by atoms with van der Waals surface area (Å²) in [6.07, 6.45) is 4.88. The van der Waals surface area contributed by atoms with E-state index in [0.717, 1.165) is 50.1 Å². The second kappa shape index (κ2) is 6.53. The number of hydrogen-bond donors (Lipinski definition) is 0. The molecular formula is C18H23N3O3S. The van der Waals surface area contributed by atoms with Gasteiger partial charge < -0.3 is 0 Å². The Morgan fingerprint density at radius 1 is 1.16 bits per heavy atom. The molecule has 0 N–H and O–H groups in total. The van der Waals surface area contributed by atoms with Crippen molar-refractivity contribution >= 4 is 29.2 Å². The number of carbonyl (C=O) groups excluding carboxylic acids is 3. The summed E-state index contributed by atoms with van der Waals surface area (Å²) in [5.41, 5.74) is 1.26. The van der Waals surface area contributed by atoms with Gasteiger partial charge in [0, 0.05) is 24.0 Å². The van der Waals surface area contributed by atoms with E-state index in [4.69, 9.17) is 0 Å². The molecule has 4 amide bonds.